The van der Waals surface area contributed by atoms with Gasteiger partial charge in [-0.1, -0.05) is 65.9 Å². The molecule has 2 aromatic heterocycles. The molecule has 46 heavy (non-hydrogen) atoms. The number of aromatic nitrogens is 2. The zero-order valence-electron chi connectivity index (χ0n) is 28.5. The zero-order valence-corrected chi connectivity index (χ0v) is 32.2. The number of fused-ring (bicyclic) bond motifs is 6. The molecule has 2 aromatic rings. The van der Waals surface area contributed by atoms with E-state index in [1.165, 1.54) is 38.5 Å². The van der Waals surface area contributed by atoms with Gasteiger partial charge in [0.2, 0.25) is 0 Å². The van der Waals surface area contributed by atoms with Crippen molar-refractivity contribution in [3.05, 3.63) is 24.5 Å². The van der Waals surface area contributed by atoms with E-state index in [1.807, 2.05) is 18.3 Å². The van der Waals surface area contributed by atoms with Crippen LogP contribution in [0.3, 0.4) is 0 Å². The summed E-state index contributed by atoms with van der Waals surface area (Å²) in [5, 5.41) is 0. The molecule has 11 heteroatoms. The van der Waals surface area contributed by atoms with Crippen molar-refractivity contribution < 1.29 is 48.6 Å². The number of unbranched alkanes of at least 4 members (excludes halogenated alkanes) is 1. The third-order valence-corrected chi connectivity index (χ3v) is 11.2. The number of esters is 1. The first-order valence-electron chi connectivity index (χ1n) is 17.2. The number of carbonyl (C=O) groups is 1. The van der Waals surface area contributed by atoms with E-state index in [0.29, 0.717) is 36.8 Å². The quantitative estimate of drug-likeness (QED) is 0.140. The summed E-state index contributed by atoms with van der Waals surface area (Å²) in [4.78, 5) is 27.8. The Morgan fingerprint density at radius 3 is 2.20 bits per heavy atom. The Labute approximate surface area is 308 Å². The van der Waals surface area contributed by atoms with Crippen LogP contribution in [0, 0.1) is 17.8 Å². The largest absolute Gasteiger partial charge is 1.00 e. The number of carbonyl (C=O) groups excluding carboxylic acids is 1. The Morgan fingerprint density at radius 1 is 0.978 bits per heavy atom. The Balaban J connectivity index is 0.000000238. The minimum Gasteiger partial charge on any atom is -0.776 e. The average Bonchev–Trinajstić information content (AvgIpc) is 3.70. The van der Waals surface area contributed by atoms with Gasteiger partial charge in [0.25, 0.3) is 0 Å². The molecule has 5 atom stereocenters. The van der Waals surface area contributed by atoms with Crippen LogP contribution in [0.4, 0.5) is 11.6 Å². The van der Waals surface area contributed by atoms with Crippen molar-refractivity contribution in [3.8, 4) is 11.5 Å². The molecule has 0 saturated carbocycles. The van der Waals surface area contributed by atoms with E-state index in [9.17, 15) is 4.79 Å². The molecule has 3 unspecified atom stereocenters. The first-order chi connectivity index (χ1) is 21.9. The van der Waals surface area contributed by atoms with Gasteiger partial charge in [0.05, 0.1) is 30.0 Å². The maximum Gasteiger partial charge on any atom is 1.00 e. The topological polar surface area (TPSA) is 77.0 Å². The summed E-state index contributed by atoms with van der Waals surface area (Å²) in [7, 11) is 0. The molecule has 0 aromatic carbocycles. The summed E-state index contributed by atoms with van der Waals surface area (Å²) in [6.07, 6.45) is 13.5. The number of anilines is 2. The molecule has 4 aliphatic rings. The predicted octanol–water partition coefficient (Wildman–Crippen LogP) is 4.31. The van der Waals surface area contributed by atoms with Gasteiger partial charge in [0.15, 0.2) is 17.4 Å². The number of nitrogens with zero attached hydrogens (tertiary/aromatic N) is 4. The van der Waals surface area contributed by atoms with E-state index in [2.05, 4.69) is 47.5 Å². The van der Waals surface area contributed by atoms with Gasteiger partial charge in [0, 0.05) is 31.2 Å². The molecule has 2 saturated heterocycles. The minimum atomic E-state index is -0.0957. The number of rotatable bonds is 12. The second-order valence-corrected chi connectivity index (χ2v) is 14.5. The molecule has 248 valence electrons. The predicted molar refractivity (Wildman–Crippen MR) is 184 cm³/mol. The molecule has 0 aliphatic carbocycles. The van der Waals surface area contributed by atoms with E-state index >= 15 is 0 Å². The van der Waals surface area contributed by atoms with Crippen LogP contribution in [-0.4, -0.2) is 66.7 Å². The van der Waals surface area contributed by atoms with Crippen molar-refractivity contribution in [1.82, 2.24) is 9.97 Å². The number of pyridine rings is 2. The molecule has 0 spiro atoms. The van der Waals surface area contributed by atoms with Crippen LogP contribution in [0.15, 0.2) is 34.3 Å². The second kappa shape index (κ2) is 18.3. The molecule has 8 nitrogen and oxygen atoms in total. The van der Waals surface area contributed by atoms with Gasteiger partial charge < -0.3 is 36.6 Å². The molecule has 4 aliphatic heterocycles. The fourth-order valence-corrected chi connectivity index (χ4v) is 8.01. The SMILES string of the molecule is CCC1C[C@H]2COc3c([S-])ccnc3N2C1.CCCCC(CC)COC(=O)CCSc1ccnc2c1OC[C@@H]1CC(CC)CN21.[Na+]. The molecule has 6 heterocycles. The first kappa shape index (κ1) is 37.4. The summed E-state index contributed by atoms with van der Waals surface area (Å²) in [5.41, 5.74) is 0. The summed E-state index contributed by atoms with van der Waals surface area (Å²) >= 11 is 6.93. The maximum absolute atomic E-state index is 12.1. The van der Waals surface area contributed by atoms with Crippen LogP contribution in [-0.2, 0) is 22.2 Å². The van der Waals surface area contributed by atoms with E-state index in [0.717, 1.165) is 83.9 Å². The summed E-state index contributed by atoms with van der Waals surface area (Å²) in [6.45, 7) is 13.1. The molecule has 6 rings (SSSR count). The molecule has 0 N–H and O–H groups in total. The third-order valence-electron chi connectivity index (χ3n) is 9.83. The zero-order chi connectivity index (χ0) is 31.8. The fourth-order valence-electron chi connectivity index (χ4n) is 6.87. The molecule has 2 fully saturated rings. The van der Waals surface area contributed by atoms with Crippen molar-refractivity contribution in [2.75, 3.05) is 48.5 Å². The number of ether oxygens (including phenoxy) is 3. The maximum atomic E-state index is 12.1. The normalized spacial score (nSPS) is 22.9. The van der Waals surface area contributed by atoms with Crippen molar-refractivity contribution in [1.29, 1.82) is 0 Å². The van der Waals surface area contributed by atoms with E-state index < -0.39 is 0 Å². The first-order valence-corrected chi connectivity index (χ1v) is 18.6. The Kier molecular flexibility index (Phi) is 14.9. The van der Waals surface area contributed by atoms with Crippen LogP contribution < -0.4 is 48.8 Å². The van der Waals surface area contributed by atoms with Crippen LogP contribution in [0.1, 0.15) is 85.5 Å². The molecule has 0 radical (unpaired) electrons. The van der Waals surface area contributed by atoms with Gasteiger partial charge in [-0.25, -0.2) is 9.97 Å². The monoisotopic (exact) mass is 678 g/mol. The number of hydrogen-bond acceptors (Lipinski definition) is 10. The van der Waals surface area contributed by atoms with Gasteiger partial charge >= 0.3 is 35.5 Å². The number of hydrogen-bond donors (Lipinski definition) is 0. The Morgan fingerprint density at radius 2 is 1.59 bits per heavy atom. The molecule has 0 bridgehead atoms. The molecular weight excluding hydrogens is 628 g/mol. The fraction of sp³-hybridized carbons (Fsp3) is 0.686. The van der Waals surface area contributed by atoms with E-state index in [1.54, 1.807) is 18.0 Å². The summed E-state index contributed by atoms with van der Waals surface area (Å²) in [6, 6.07) is 4.79. The van der Waals surface area contributed by atoms with E-state index in [-0.39, 0.29) is 35.5 Å². The smallest absolute Gasteiger partial charge is 0.776 e. The van der Waals surface area contributed by atoms with Crippen molar-refractivity contribution in [3.63, 3.8) is 0 Å². The van der Waals surface area contributed by atoms with Gasteiger partial charge in [-0.05, 0) is 43.1 Å². The van der Waals surface area contributed by atoms with Gasteiger partial charge in [-0.15, -0.1) is 16.7 Å². The standard InChI is InChI=1S/C23H36N2O3S.C12H16N2OS.Na/c1-4-7-8-17(5-2)15-27-21(26)10-12-29-20-9-11-24-23-22(20)28-16-19-13-18(6-3)14-25(19)23;1-2-8-5-9-7-15-11-10(16)3-4-13-12(11)14(9)6-8;/h9,11,17-19H,4-8,10,12-16H2,1-3H3;3-4,8-9H,2,5-7H2,1H3,(H,13,16);/q;;+1/p-1/t17?,18?,19-;8?,9-;/m00./s1. The summed E-state index contributed by atoms with van der Waals surface area (Å²) in [5.74, 6) is 6.24. The van der Waals surface area contributed by atoms with Crippen LogP contribution in [0.5, 0.6) is 11.5 Å². The Hall–Kier alpha value is -1.46. The van der Waals surface area contributed by atoms with Crippen molar-refractivity contribution >= 4 is 42.0 Å². The van der Waals surface area contributed by atoms with Crippen LogP contribution in [0.25, 0.3) is 0 Å². The second-order valence-electron chi connectivity index (χ2n) is 12.9. The third kappa shape index (κ3) is 9.16. The van der Waals surface area contributed by atoms with Crippen LogP contribution in [0.2, 0.25) is 0 Å². The van der Waals surface area contributed by atoms with Gasteiger partial charge in [0.1, 0.15) is 19.0 Å². The average molecular weight is 679 g/mol. The number of thioether (sulfide) groups is 1. The van der Waals surface area contributed by atoms with Crippen LogP contribution >= 0.6 is 11.8 Å². The molecular formula is C35H51N4NaO4S2. The van der Waals surface area contributed by atoms with Gasteiger partial charge in [-0.2, -0.15) is 0 Å². The minimum absolute atomic E-state index is 0. The van der Waals surface area contributed by atoms with Crippen molar-refractivity contribution in [2.45, 2.75) is 107 Å². The summed E-state index contributed by atoms with van der Waals surface area (Å²) < 4.78 is 17.4. The Bertz CT molecular complexity index is 1270. The van der Waals surface area contributed by atoms with Gasteiger partial charge in [-0.3, -0.25) is 4.79 Å². The van der Waals surface area contributed by atoms with Crippen molar-refractivity contribution in [2.24, 2.45) is 17.8 Å². The molecule has 0 amide bonds. The van der Waals surface area contributed by atoms with E-state index in [4.69, 9.17) is 26.8 Å².